The maximum Gasteiger partial charge on any atom is 0.268 e. The van der Waals surface area contributed by atoms with Gasteiger partial charge in [0.15, 0.2) is 0 Å². The van der Waals surface area contributed by atoms with Crippen LogP contribution in [0.1, 0.15) is 19.4 Å². The van der Waals surface area contributed by atoms with Gasteiger partial charge in [-0.1, -0.05) is 13.8 Å². The van der Waals surface area contributed by atoms with Crippen molar-refractivity contribution in [3.8, 4) is 22.8 Å². The zero-order valence-corrected chi connectivity index (χ0v) is 13.3. The molecule has 0 saturated carbocycles. The SMILES string of the molecule is COc1ccc(OC)c(-c2cc(CNC(C)C)c(=O)[nH]n2)c1. The van der Waals surface area contributed by atoms with Crippen LogP contribution in [0.2, 0.25) is 0 Å². The van der Waals surface area contributed by atoms with Crippen LogP contribution in [-0.4, -0.2) is 30.5 Å². The number of hydrogen-bond donors (Lipinski definition) is 2. The molecule has 1 aromatic carbocycles. The summed E-state index contributed by atoms with van der Waals surface area (Å²) in [6.07, 6.45) is 0. The Morgan fingerprint density at radius 1 is 1.23 bits per heavy atom. The smallest absolute Gasteiger partial charge is 0.268 e. The first-order chi connectivity index (χ1) is 10.5. The molecule has 0 fully saturated rings. The summed E-state index contributed by atoms with van der Waals surface area (Å²) >= 11 is 0. The van der Waals surface area contributed by atoms with Gasteiger partial charge in [0, 0.05) is 23.7 Å². The van der Waals surface area contributed by atoms with E-state index in [1.54, 1.807) is 20.3 Å². The molecule has 6 heteroatoms. The third-order valence-corrected chi connectivity index (χ3v) is 3.26. The van der Waals surface area contributed by atoms with E-state index in [2.05, 4.69) is 15.5 Å². The first-order valence-corrected chi connectivity index (χ1v) is 7.09. The minimum atomic E-state index is -0.196. The van der Waals surface area contributed by atoms with Crippen LogP contribution in [0.5, 0.6) is 11.5 Å². The zero-order chi connectivity index (χ0) is 16.1. The molecule has 2 rings (SSSR count). The van der Waals surface area contributed by atoms with Gasteiger partial charge in [0.25, 0.3) is 5.56 Å². The van der Waals surface area contributed by atoms with E-state index < -0.39 is 0 Å². The van der Waals surface area contributed by atoms with Gasteiger partial charge in [-0.3, -0.25) is 4.79 Å². The second kappa shape index (κ2) is 7.09. The Balaban J connectivity index is 2.44. The lowest BCUT2D eigenvalue weighted by atomic mass is 10.1. The monoisotopic (exact) mass is 303 g/mol. The van der Waals surface area contributed by atoms with Crippen LogP contribution >= 0.6 is 0 Å². The lowest BCUT2D eigenvalue weighted by molar-refractivity contribution is 0.404. The van der Waals surface area contributed by atoms with Crippen molar-refractivity contribution >= 4 is 0 Å². The standard InChI is InChI=1S/C16H21N3O3/c1-10(2)17-9-11-7-14(18-19-16(11)20)13-8-12(21-3)5-6-15(13)22-4/h5-8,10,17H,9H2,1-4H3,(H,19,20). The molecule has 0 unspecified atom stereocenters. The molecule has 0 aliphatic carbocycles. The van der Waals surface area contributed by atoms with Gasteiger partial charge < -0.3 is 14.8 Å². The number of nitrogens with one attached hydrogen (secondary N) is 2. The van der Waals surface area contributed by atoms with Crippen molar-refractivity contribution in [2.75, 3.05) is 14.2 Å². The molecule has 118 valence electrons. The molecule has 0 bridgehead atoms. The fourth-order valence-electron chi connectivity index (χ4n) is 2.04. The molecule has 0 radical (unpaired) electrons. The molecule has 2 aromatic rings. The highest BCUT2D eigenvalue weighted by molar-refractivity contribution is 5.69. The average molecular weight is 303 g/mol. The molecular formula is C16H21N3O3. The van der Waals surface area contributed by atoms with Crippen molar-refractivity contribution < 1.29 is 9.47 Å². The Labute approximate surface area is 129 Å². The predicted octanol–water partition coefficient (Wildman–Crippen LogP) is 1.95. The highest BCUT2D eigenvalue weighted by Crippen LogP contribution is 2.31. The summed E-state index contributed by atoms with van der Waals surface area (Å²) in [7, 11) is 3.20. The first kappa shape index (κ1) is 16.0. The summed E-state index contributed by atoms with van der Waals surface area (Å²) in [6, 6.07) is 7.52. The van der Waals surface area contributed by atoms with Gasteiger partial charge in [-0.25, -0.2) is 5.10 Å². The van der Waals surface area contributed by atoms with Gasteiger partial charge in [0.05, 0.1) is 19.9 Å². The van der Waals surface area contributed by atoms with Crippen LogP contribution < -0.4 is 20.3 Å². The third kappa shape index (κ3) is 3.65. The van der Waals surface area contributed by atoms with Crippen LogP contribution in [-0.2, 0) is 6.54 Å². The molecule has 2 N–H and O–H groups in total. The Kier molecular flexibility index (Phi) is 5.16. The summed E-state index contributed by atoms with van der Waals surface area (Å²) < 4.78 is 10.6. The van der Waals surface area contributed by atoms with Crippen LogP contribution in [0.4, 0.5) is 0 Å². The number of aromatic amines is 1. The van der Waals surface area contributed by atoms with Crippen LogP contribution in [0.15, 0.2) is 29.1 Å². The van der Waals surface area contributed by atoms with Crippen molar-refractivity contribution in [2.45, 2.75) is 26.4 Å². The van der Waals surface area contributed by atoms with E-state index >= 15 is 0 Å². The number of ether oxygens (including phenoxy) is 2. The van der Waals surface area contributed by atoms with Crippen LogP contribution in [0, 0.1) is 0 Å². The molecule has 0 aliphatic heterocycles. The second-order valence-corrected chi connectivity index (χ2v) is 5.21. The largest absolute Gasteiger partial charge is 0.497 e. The van der Waals surface area contributed by atoms with Gasteiger partial charge in [0.2, 0.25) is 0 Å². The Bertz CT molecular complexity index is 695. The number of benzene rings is 1. The summed E-state index contributed by atoms with van der Waals surface area (Å²) in [5, 5.41) is 9.89. The third-order valence-electron chi connectivity index (χ3n) is 3.26. The number of nitrogens with zero attached hydrogens (tertiary/aromatic N) is 1. The topological polar surface area (TPSA) is 76.2 Å². The molecule has 6 nitrogen and oxygen atoms in total. The predicted molar refractivity (Wildman–Crippen MR) is 85.4 cm³/mol. The normalized spacial score (nSPS) is 10.8. The van der Waals surface area contributed by atoms with Gasteiger partial charge in [0.1, 0.15) is 11.5 Å². The van der Waals surface area contributed by atoms with E-state index in [1.807, 2.05) is 32.0 Å². The molecule has 0 amide bonds. The van der Waals surface area contributed by atoms with Gasteiger partial charge in [-0.05, 0) is 24.3 Å². The van der Waals surface area contributed by atoms with E-state index in [0.29, 0.717) is 35.3 Å². The van der Waals surface area contributed by atoms with Crippen molar-refractivity contribution in [1.29, 1.82) is 0 Å². The summed E-state index contributed by atoms with van der Waals surface area (Å²) in [4.78, 5) is 11.9. The lowest BCUT2D eigenvalue weighted by Gasteiger charge is -2.11. The van der Waals surface area contributed by atoms with Gasteiger partial charge >= 0.3 is 0 Å². The number of hydrogen-bond acceptors (Lipinski definition) is 5. The maximum absolute atomic E-state index is 11.9. The Morgan fingerprint density at radius 3 is 2.64 bits per heavy atom. The van der Waals surface area contributed by atoms with Crippen molar-refractivity contribution in [3.63, 3.8) is 0 Å². The number of rotatable bonds is 6. The summed E-state index contributed by atoms with van der Waals surface area (Å²) in [6.45, 7) is 4.54. The number of aromatic nitrogens is 2. The highest BCUT2D eigenvalue weighted by Gasteiger charge is 2.12. The molecule has 0 atom stereocenters. The molecule has 1 heterocycles. The van der Waals surface area contributed by atoms with E-state index in [1.165, 1.54) is 0 Å². The molecule has 1 aromatic heterocycles. The van der Waals surface area contributed by atoms with E-state index in [-0.39, 0.29) is 5.56 Å². The fraction of sp³-hybridized carbons (Fsp3) is 0.375. The molecule has 22 heavy (non-hydrogen) atoms. The summed E-state index contributed by atoms with van der Waals surface area (Å²) in [5.74, 6) is 1.37. The Hall–Kier alpha value is -2.34. The second-order valence-electron chi connectivity index (χ2n) is 5.21. The lowest BCUT2D eigenvalue weighted by Crippen LogP contribution is -2.26. The van der Waals surface area contributed by atoms with Crippen LogP contribution in [0.25, 0.3) is 11.3 Å². The molecule has 0 saturated heterocycles. The Morgan fingerprint density at radius 2 is 2.00 bits per heavy atom. The quantitative estimate of drug-likeness (QED) is 0.853. The van der Waals surface area contributed by atoms with Gasteiger partial charge in [-0.2, -0.15) is 5.10 Å². The first-order valence-electron chi connectivity index (χ1n) is 7.09. The van der Waals surface area contributed by atoms with Crippen molar-refractivity contribution in [1.82, 2.24) is 15.5 Å². The van der Waals surface area contributed by atoms with E-state index in [4.69, 9.17) is 9.47 Å². The van der Waals surface area contributed by atoms with Crippen molar-refractivity contribution in [2.24, 2.45) is 0 Å². The minimum Gasteiger partial charge on any atom is -0.497 e. The number of methoxy groups -OCH3 is 2. The fourth-order valence-corrected chi connectivity index (χ4v) is 2.04. The minimum absolute atomic E-state index is 0.196. The van der Waals surface area contributed by atoms with E-state index in [0.717, 1.165) is 5.56 Å². The highest BCUT2D eigenvalue weighted by atomic mass is 16.5. The molecular weight excluding hydrogens is 282 g/mol. The molecule has 0 spiro atoms. The van der Waals surface area contributed by atoms with Gasteiger partial charge in [-0.15, -0.1) is 0 Å². The molecule has 0 aliphatic rings. The zero-order valence-electron chi connectivity index (χ0n) is 13.3. The summed E-state index contributed by atoms with van der Waals surface area (Å²) in [5.41, 5.74) is 1.84. The average Bonchev–Trinajstić information content (AvgIpc) is 2.53. The van der Waals surface area contributed by atoms with Crippen LogP contribution in [0.3, 0.4) is 0 Å². The number of H-pyrrole nitrogens is 1. The maximum atomic E-state index is 11.9. The van der Waals surface area contributed by atoms with Crippen molar-refractivity contribution in [3.05, 3.63) is 40.2 Å². The van der Waals surface area contributed by atoms with E-state index in [9.17, 15) is 4.79 Å².